The summed E-state index contributed by atoms with van der Waals surface area (Å²) in [7, 11) is 5.74. The van der Waals surface area contributed by atoms with Gasteiger partial charge in [0, 0.05) is 20.0 Å². The van der Waals surface area contributed by atoms with E-state index in [2.05, 4.69) is 10.3 Å². The standard InChI is InChI=1S/C10H17N3OS/c1-7-9(15-10(11-2)12-7)8(14)5-6-13(3)4/h5-6H2,1-4H3,(H,11,12). The van der Waals surface area contributed by atoms with Gasteiger partial charge in [-0.05, 0) is 21.0 Å². The van der Waals surface area contributed by atoms with Crippen molar-refractivity contribution in [1.82, 2.24) is 9.88 Å². The zero-order valence-electron chi connectivity index (χ0n) is 9.63. The number of carbonyl (C=O) groups excluding carboxylic acids is 1. The smallest absolute Gasteiger partial charge is 0.183 e. The van der Waals surface area contributed by atoms with Gasteiger partial charge in [0.05, 0.1) is 10.6 Å². The fraction of sp³-hybridized carbons (Fsp3) is 0.600. The van der Waals surface area contributed by atoms with Gasteiger partial charge >= 0.3 is 0 Å². The molecule has 1 aromatic rings. The van der Waals surface area contributed by atoms with Crippen molar-refractivity contribution < 1.29 is 4.79 Å². The normalized spacial score (nSPS) is 10.7. The van der Waals surface area contributed by atoms with Crippen molar-refractivity contribution in [1.29, 1.82) is 0 Å². The predicted molar refractivity (Wildman–Crippen MR) is 63.9 cm³/mol. The van der Waals surface area contributed by atoms with E-state index in [0.717, 1.165) is 22.2 Å². The quantitative estimate of drug-likeness (QED) is 0.777. The summed E-state index contributed by atoms with van der Waals surface area (Å²) >= 11 is 1.43. The van der Waals surface area contributed by atoms with Gasteiger partial charge in [-0.2, -0.15) is 0 Å². The summed E-state index contributed by atoms with van der Waals surface area (Å²) in [6.45, 7) is 2.66. The van der Waals surface area contributed by atoms with Gasteiger partial charge in [0.15, 0.2) is 10.9 Å². The first-order chi connectivity index (χ1) is 7.04. The zero-order valence-corrected chi connectivity index (χ0v) is 10.4. The van der Waals surface area contributed by atoms with Gasteiger partial charge in [-0.25, -0.2) is 4.98 Å². The number of nitrogens with zero attached hydrogens (tertiary/aromatic N) is 2. The third-order valence-electron chi connectivity index (χ3n) is 2.05. The molecular formula is C10H17N3OS. The lowest BCUT2D eigenvalue weighted by Crippen LogP contribution is -2.16. The monoisotopic (exact) mass is 227 g/mol. The Morgan fingerprint density at radius 3 is 2.67 bits per heavy atom. The van der Waals surface area contributed by atoms with E-state index in [0.29, 0.717) is 6.42 Å². The Morgan fingerprint density at radius 1 is 1.53 bits per heavy atom. The Kier molecular flexibility index (Phi) is 4.23. The molecule has 0 atom stereocenters. The molecule has 0 amide bonds. The van der Waals surface area contributed by atoms with Crippen molar-refractivity contribution in [3.8, 4) is 0 Å². The van der Waals surface area contributed by atoms with E-state index in [9.17, 15) is 4.79 Å². The van der Waals surface area contributed by atoms with Gasteiger partial charge in [-0.15, -0.1) is 0 Å². The van der Waals surface area contributed by atoms with Crippen molar-refractivity contribution >= 4 is 22.3 Å². The van der Waals surface area contributed by atoms with Gasteiger partial charge < -0.3 is 10.2 Å². The maximum absolute atomic E-state index is 11.8. The second-order valence-corrected chi connectivity index (χ2v) is 4.66. The van der Waals surface area contributed by atoms with Gasteiger partial charge in [0.25, 0.3) is 0 Å². The minimum absolute atomic E-state index is 0.181. The van der Waals surface area contributed by atoms with Crippen LogP contribution in [0.15, 0.2) is 0 Å². The molecule has 0 spiro atoms. The highest BCUT2D eigenvalue weighted by atomic mass is 32.1. The lowest BCUT2D eigenvalue weighted by atomic mass is 10.2. The number of carbonyl (C=O) groups is 1. The number of hydrogen-bond acceptors (Lipinski definition) is 5. The number of thiazole rings is 1. The fourth-order valence-corrected chi connectivity index (χ4v) is 2.09. The molecule has 0 aliphatic heterocycles. The third-order valence-corrected chi connectivity index (χ3v) is 3.27. The maximum atomic E-state index is 11.8. The average Bonchev–Trinajstić information content (AvgIpc) is 2.56. The molecule has 4 nitrogen and oxygen atoms in total. The number of nitrogens with one attached hydrogen (secondary N) is 1. The Labute approximate surface area is 94.3 Å². The Morgan fingerprint density at radius 2 is 2.20 bits per heavy atom. The molecular weight excluding hydrogens is 210 g/mol. The molecule has 0 unspecified atom stereocenters. The number of aromatic nitrogens is 1. The molecule has 0 saturated heterocycles. The molecule has 0 bridgehead atoms. The van der Waals surface area contributed by atoms with Crippen LogP contribution in [0.4, 0.5) is 5.13 Å². The highest BCUT2D eigenvalue weighted by Gasteiger charge is 2.14. The number of ketones is 1. The molecule has 0 fully saturated rings. The van der Waals surface area contributed by atoms with E-state index >= 15 is 0 Å². The van der Waals surface area contributed by atoms with E-state index in [-0.39, 0.29) is 5.78 Å². The summed E-state index contributed by atoms with van der Waals surface area (Å²) in [5.74, 6) is 0.181. The van der Waals surface area contributed by atoms with Gasteiger partial charge in [0.2, 0.25) is 0 Å². The Balaban J connectivity index is 2.68. The maximum Gasteiger partial charge on any atom is 0.183 e. The molecule has 84 valence electrons. The lowest BCUT2D eigenvalue weighted by molar-refractivity contribution is 0.0975. The summed E-state index contributed by atoms with van der Waals surface area (Å²) in [5.41, 5.74) is 0.827. The van der Waals surface area contributed by atoms with E-state index in [1.807, 2.05) is 33.0 Å². The first-order valence-electron chi connectivity index (χ1n) is 4.87. The summed E-state index contributed by atoms with van der Waals surface area (Å²) in [6.07, 6.45) is 0.555. The number of anilines is 1. The first kappa shape index (κ1) is 12.1. The molecule has 0 aliphatic carbocycles. The molecule has 5 heteroatoms. The van der Waals surface area contributed by atoms with Crippen molar-refractivity contribution in [2.24, 2.45) is 0 Å². The van der Waals surface area contributed by atoms with Gasteiger partial charge in [-0.3, -0.25) is 4.79 Å². The molecule has 0 radical (unpaired) electrons. The van der Waals surface area contributed by atoms with Crippen LogP contribution in [-0.2, 0) is 0 Å². The summed E-state index contributed by atoms with van der Waals surface area (Å²) < 4.78 is 0. The van der Waals surface area contributed by atoms with Crippen LogP contribution < -0.4 is 5.32 Å². The highest BCUT2D eigenvalue weighted by molar-refractivity contribution is 7.17. The lowest BCUT2D eigenvalue weighted by Gasteiger charge is -2.07. The van der Waals surface area contributed by atoms with Crippen molar-refractivity contribution in [2.75, 3.05) is 33.0 Å². The Hall–Kier alpha value is -0.940. The number of rotatable bonds is 5. The molecule has 1 rings (SSSR count). The molecule has 15 heavy (non-hydrogen) atoms. The predicted octanol–water partition coefficient (Wildman–Crippen LogP) is 1.63. The van der Waals surface area contributed by atoms with Crippen molar-refractivity contribution in [3.05, 3.63) is 10.6 Å². The minimum Gasteiger partial charge on any atom is -0.365 e. The van der Waals surface area contributed by atoms with Gasteiger partial charge in [0.1, 0.15) is 0 Å². The first-order valence-corrected chi connectivity index (χ1v) is 5.69. The topological polar surface area (TPSA) is 45.2 Å². The van der Waals surface area contributed by atoms with Crippen LogP contribution in [0, 0.1) is 6.92 Å². The van der Waals surface area contributed by atoms with E-state index in [1.54, 1.807) is 0 Å². The van der Waals surface area contributed by atoms with Crippen molar-refractivity contribution in [2.45, 2.75) is 13.3 Å². The second-order valence-electron chi connectivity index (χ2n) is 3.66. The van der Waals surface area contributed by atoms with Gasteiger partial charge in [-0.1, -0.05) is 11.3 Å². The van der Waals surface area contributed by atoms with Crippen LogP contribution in [0.25, 0.3) is 0 Å². The average molecular weight is 227 g/mol. The molecule has 1 heterocycles. The van der Waals surface area contributed by atoms with E-state index in [4.69, 9.17) is 0 Å². The minimum atomic E-state index is 0.181. The second kappa shape index (κ2) is 5.23. The van der Waals surface area contributed by atoms with Crippen LogP contribution in [-0.4, -0.2) is 43.4 Å². The number of aryl methyl sites for hydroxylation is 1. The summed E-state index contributed by atoms with van der Waals surface area (Å²) in [4.78, 5) is 18.9. The number of hydrogen-bond donors (Lipinski definition) is 1. The molecule has 1 aromatic heterocycles. The fourth-order valence-electron chi connectivity index (χ4n) is 1.20. The van der Waals surface area contributed by atoms with Crippen LogP contribution in [0.2, 0.25) is 0 Å². The Bertz CT molecular complexity index is 346. The summed E-state index contributed by atoms with van der Waals surface area (Å²) in [5, 5.41) is 3.76. The summed E-state index contributed by atoms with van der Waals surface area (Å²) in [6, 6.07) is 0. The third kappa shape index (κ3) is 3.28. The molecule has 0 aliphatic rings. The molecule has 0 aromatic carbocycles. The van der Waals surface area contributed by atoms with E-state index in [1.165, 1.54) is 11.3 Å². The number of Topliss-reactive ketones (excluding diaryl/α,β-unsaturated/α-hetero) is 1. The van der Waals surface area contributed by atoms with Crippen LogP contribution in [0.3, 0.4) is 0 Å². The van der Waals surface area contributed by atoms with E-state index < -0.39 is 0 Å². The highest BCUT2D eigenvalue weighted by Crippen LogP contribution is 2.23. The van der Waals surface area contributed by atoms with Crippen LogP contribution in [0.5, 0.6) is 0 Å². The van der Waals surface area contributed by atoms with Crippen LogP contribution >= 0.6 is 11.3 Å². The van der Waals surface area contributed by atoms with Crippen molar-refractivity contribution in [3.63, 3.8) is 0 Å². The van der Waals surface area contributed by atoms with Crippen LogP contribution in [0.1, 0.15) is 21.8 Å². The zero-order chi connectivity index (χ0) is 11.4. The largest absolute Gasteiger partial charge is 0.365 e. The molecule has 1 N–H and O–H groups in total. The molecule has 0 saturated carbocycles. The SMILES string of the molecule is CNc1nc(C)c(C(=O)CCN(C)C)s1.